The second-order valence-corrected chi connectivity index (χ2v) is 5.95. The molecule has 20 heavy (non-hydrogen) atoms. The van der Waals surface area contributed by atoms with E-state index in [-0.39, 0.29) is 48.1 Å². The zero-order valence-electron chi connectivity index (χ0n) is 12.2. The third kappa shape index (κ3) is 4.35. The van der Waals surface area contributed by atoms with Crippen molar-refractivity contribution in [2.24, 2.45) is 11.3 Å². The van der Waals surface area contributed by atoms with Crippen molar-refractivity contribution in [2.75, 3.05) is 19.6 Å². The number of piperidine rings is 1. The van der Waals surface area contributed by atoms with E-state index in [1.165, 1.54) is 0 Å². The molecule has 0 radical (unpaired) electrons. The molecule has 1 saturated heterocycles. The number of carbonyl (C=O) groups excluding carboxylic acids is 2. The summed E-state index contributed by atoms with van der Waals surface area (Å²) in [6.45, 7) is 6.06. The van der Waals surface area contributed by atoms with E-state index in [4.69, 9.17) is 4.74 Å². The van der Waals surface area contributed by atoms with E-state index in [9.17, 15) is 9.59 Å². The van der Waals surface area contributed by atoms with Crippen LogP contribution in [0.15, 0.2) is 0 Å². The molecule has 2 fully saturated rings. The maximum atomic E-state index is 12.0. The average molecular weight is 305 g/mol. The lowest BCUT2D eigenvalue weighted by atomic mass is 9.92. The summed E-state index contributed by atoms with van der Waals surface area (Å²) in [6.07, 6.45) is 3.37. The van der Waals surface area contributed by atoms with Gasteiger partial charge in [0, 0.05) is 12.5 Å². The molecule has 0 aromatic rings. The Bertz CT molecular complexity index is 354. The van der Waals surface area contributed by atoms with E-state index < -0.39 is 0 Å². The van der Waals surface area contributed by atoms with Crippen molar-refractivity contribution in [3.63, 3.8) is 0 Å². The number of ether oxygens (including phenoxy) is 1. The van der Waals surface area contributed by atoms with Crippen LogP contribution in [0.1, 0.15) is 39.5 Å². The maximum Gasteiger partial charge on any atom is 0.307 e. The number of rotatable bonds is 5. The van der Waals surface area contributed by atoms with Crippen LogP contribution in [0, 0.1) is 11.3 Å². The molecular weight excluding hydrogens is 280 g/mol. The van der Waals surface area contributed by atoms with Crippen molar-refractivity contribution < 1.29 is 14.3 Å². The van der Waals surface area contributed by atoms with E-state index >= 15 is 0 Å². The highest BCUT2D eigenvalue weighted by molar-refractivity contribution is 5.85. The smallest absolute Gasteiger partial charge is 0.307 e. The van der Waals surface area contributed by atoms with Crippen LogP contribution < -0.4 is 10.6 Å². The molecule has 1 aliphatic carbocycles. The Balaban J connectivity index is 0.00000200. The van der Waals surface area contributed by atoms with Crippen molar-refractivity contribution in [3.05, 3.63) is 0 Å². The Kier molecular flexibility index (Phi) is 6.27. The summed E-state index contributed by atoms with van der Waals surface area (Å²) in [5.74, 6) is 0.0256. The lowest BCUT2D eigenvalue weighted by Gasteiger charge is -2.23. The Morgan fingerprint density at radius 3 is 2.60 bits per heavy atom. The predicted octanol–water partition coefficient (Wildman–Crippen LogP) is 1.26. The topological polar surface area (TPSA) is 67.4 Å². The fourth-order valence-electron chi connectivity index (χ4n) is 2.93. The lowest BCUT2D eigenvalue weighted by molar-refractivity contribution is -0.147. The summed E-state index contributed by atoms with van der Waals surface area (Å²) in [5, 5.41) is 6.18. The Labute approximate surface area is 126 Å². The second kappa shape index (κ2) is 7.27. The van der Waals surface area contributed by atoms with Gasteiger partial charge in [0.15, 0.2) is 0 Å². The SMILES string of the molecule is CC(C)OC(=O)CCNC(=O)C1CC12CCNCC2.Cl. The standard InChI is InChI=1S/C14H24N2O3.ClH/c1-10(2)19-12(17)3-6-16-13(18)11-9-14(11)4-7-15-8-5-14;/h10-11,15H,3-9H2,1-2H3,(H,16,18);1H. The second-order valence-electron chi connectivity index (χ2n) is 5.95. The van der Waals surface area contributed by atoms with E-state index in [0.717, 1.165) is 32.4 Å². The highest BCUT2D eigenvalue weighted by atomic mass is 35.5. The van der Waals surface area contributed by atoms with Gasteiger partial charge in [0.05, 0.1) is 12.5 Å². The minimum absolute atomic E-state index is 0. The Morgan fingerprint density at radius 1 is 1.35 bits per heavy atom. The molecule has 1 spiro atoms. The van der Waals surface area contributed by atoms with Crippen molar-refractivity contribution in [1.29, 1.82) is 0 Å². The fourth-order valence-corrected chi connectivity index (χ4v) is 2.93. The van der Waals surface area contributed by atoms with E-state index in [1.54, 1.807) is 0 Å². The van der Waals surface area contributed by atoms with Gasteiger partial charge in [0.2, 0.25) is 5.91 Å². The molecule has 2 rings (SSSR count). The van der Waals surface area contributed by atoms with Gasteiger partial charge in [-0.2, -0.15) is 0 Å². The first-order chi connectivity index (χ1) is 9.03. The van der Waals surface area contributed by atoms with Crippen LogP contribution in [0.25, 0.3) is 0 Å². The zero-order valence-corrected chi connectivity index (χ0v) is 13.1. The van der Waals surface area contributed by atoms with E-state index in [1.807, 2.05) is 13.8 Å². The van der Waals surface area contributed by atoms with Crippen molar-refractivity contribution in [3.8, 4) is 0 Å². The van der Waals surface area contributed by atoms with Crippen LogP contribution in [-0.4, -0.2) is 37.6 Å². The first-order valence-corrected chi connectivity index (χ1v) is 7.21. The highest BCUT2D eigenvalue weighted by Gasteiger charge is 2.57. The quantitative estimate of drug-likeness (QED) is 0.750. The maximum absolute atomic E-state index is 12.0. The van der Waals surface area contributed by atoms with Gasteiger partial charge in [0.1, 0.15) is 0 Å². The normalized spacial score (nSPS) is 23.1. The lowest BCUT2D eigenvalue weighted by Crippen LogP contribution is -2.34. The van der Waals surface area contributed by atoms with Crippen LogP contribution in [0.4, 0.5) is 0 Å². The van der Waals surface area contributed by atoms with Gasteiger partial charge < -0.3 is 15.4 Å². The summed E-state index contributed by atoms with van der Waals surface area (Å²) in [6, 6.07) is 0. The van der Waals surface area contributed by atoms with Gasteiger partial charge in [0.25, 0.3) is 0 Å². The van der Waals surface area contributed by atoms with Crippen molar-refractivity contribution >= 4 is 24.3 Å². The fraction of sp³-hybridized carbons (Fsp3) is 0.857. The first kappa shape index (κ1) is 17.2. The first-order valence-electron chi connectivity index (χ1n) is 7.21. The largest absolute Gasteiger partial charge is 0.463 e. The van der Waals surface area contributed by atoms with Crippen LogP contribution in [0.3, 0.4) is 0 Å². The number of nitrogens with one attached hydrogen (secondary N) is 2. The third-order valence-electron chi connectivity index (χ3n) is 4.10. The number of hydrogen-bond donors (Lipinski definition) is 2. The minimum Gasteiger partial charge on any atom is -0.463 e. The molecular formula is C14H25ClN2O3. The van der Waals surface area contributed by atoms with Crippen molar-refractivity contribution in [1.82, 2.24) is 10.6 Å². The summed E-state index contributed by atoms with van der Waals surface area (Å²) >= 11 is 0. The molecule has 0 aromatic heterocycles. The molecule has 1 aliphatic heterocycles. The molecule has 116 valence electrons. The summed E-state index contributed by atoms with van der Waals surface area (Å²) in [4.78, 5) is 23.3. The van der Waals surface area contributed by atoms with Gasteiger partial charge >= 0.3 is 5.97 Å². The summed E-state index contributed by atoms with van der Waals surface area (Å²) < 4.78 is 5.02. The summed E-state index contributed by atoms with van der Waals surface area (Å²) in [7, 11) is 0. The minimum atomic E-state index is -0.248. The number of amides is 1. The summed E-state index contributed by atoms with van der Waals surface area (Å²) in [5.41, 5.74) is 0.258. The van der Waals surface area contributed by atoms with Gasteiger partial charge in [-0.1, -0.05) is 0 Å². The van der Waals surface area contributed by atoms with Crippen LogP contribution in [0.2, 0.25) is 0 Å². The molecule has 5 nitrogen and oxygen atoms in total. The molecule has 1 unspecified atom stereocenters. The number of hydrogen-bond acceptors (Lipinski definition) is 4. The molecule has 1 heterocycles. The molecule has 2 aliphatic rings. The molecule has 0 aromatic carbocycles. The average Bonchev–Trinajstić information content (AvgIpc) is 3.03. The molecule has 1 atom stereocenters. The van der Waals surface area contributed by atoms with Gasteiger partial charge in [-0.25, -0.2) is 0 Å². The predicted molar refractivity (Wildman–Crippen MR) is 78.7 cm³/mol. The molecule has 6 heteroatoms. The van der Waals surface area contributed by atoms with E-state index in [2.05, 4.69) is 10.6 Å². The molecule has 0 bridgehead atoms. The zero-order chi connectivity index (χ0) is 13.9. The Morgan fingerprint density at radius 2 is 2.00 bits per heavy atom. The van der Waals surface area contributed by atoms with Crippen molar-refractivity contribution in [2.45, 2.75) is 45.6 Å². The monoisotopic (exact) mass is 304 g/mol. The van der Waals surface area contributed by atoms with E-state index in [0.29, 0.717) is 6.54 Å². The van der Waals surface area contributed by atoms with Gasteiger partial charge in [-0.3, -0.25) is 9.59 Å². The highest BCUT2D eigenvalue weighted by Crippen LogP contribution is 2.58. The third-order valence-corrected chi connectivity index (χ3v) is 4.10. The molecule has 1 amide bonds. The Hall–Kier alpha value is -0.810. The molecule has 1 saturated carbocycles. The van der Waals surface area contributed by atoms with Gasteiger partial charge in [-0.05, 0) is 51.6 Å². The number of carbonyl (C=O) groups is 2. The van der Waals surface area contributed by atoms with Crippen LogP contribution >= 0.6 is 12.4 Å². The van der Waals surface area contributed by atoms with Crippen LogP contribution in [-0.2, 0) is 14.3 Å². The number of halogens is 1. The number of esters is 1. The van der Waals surface area contributed by atoms with Gasteiger partial charge in [-0.15, -0.1) is 12.4 Å². The molecule has 2 N–H and O–H groups in total. The van der Waals surface area contributed by atoms with Crippen LogP contribution in [0.5, 0.6) is 0 Å².